The molecule has 0 aromatic carbocycles. The molecule has 2 fully saturated rings. The van der Waals surface area contributed by atoms with Crippen LogP contribution in [0.25, 0.3) is 0 Å². The molecule has 2 N–H and O–H groups in total. The van der Waals surface area contributed by atoms with Gasteiger partial charge in [0.2, 0.25) is 5.91 Å². The molecule has 3 atom stereocenters. The zero-order chi connectivity index (χ0) is 15.9. The van der Waals surface area contributed by atoms with Crippen LogP contribution >= 0.6 is 0 Å². The van der Waals surface area contributed by atoms with Gasteiger partial charge in [-0.3, -0.25) is 4.79 Å². The summed E-state index contributed by atoms with van der Waals surface area (Å²) < 4.78 is 5.37. The van der Waals surface area contributed by atoms with Gasteiger partial charge in [0.15, 0.2) is 0 Å². The molecule has 1 aliphatic carbocycles. The van der Waals surface area contributed by atoms with Crippen LogP contribution in [0.3, 0.4) is 0 Å². The Morgan fingerprint density at radius 3 is 2.50 bits per heavy atom. The Balaban J connectivity index is 1.91. The van der Waals surface area contributed by atoms with Crippen LogP contribution in [-0.4, -0.2) is 36.2 Å². The summed E-state index contributed by atoms with van der Waals surface area (Å²) >= 11 is 0. The van der Waals surface area contributed by atoms with Crippen LogP contribution in [0.1, 0.15) is 58.3 Å². The third kappa shape index (κ3) is 4.70. The van der Waals surface area contributed by atoms with Crippen molar-refractivity contribution < 1.29 is 19.4 Å². The van der Waals surface area contributed by atoms with Crippen LogP contribution in [0.15, 0.2) is 0 Å². The number of hydrogen-bond donors (Lipinski definition) is 2. The zero-order valence-electron chi connectivity index (χ0n) is 13.6. The fraction of sp³-hybridized carbons (Fsp3) is 0.882. The first-order chi connectivity index (χ1) is 10.6. The van der Waals surface area contributed by atoms with E-state index in [1.165, 1.54) is 25.7 Å². The Bertz CT molecular complexity index is 373. The fourth-order valence-corrected chi connectivity index (χ4v) is 3.79. The standard InChI is InChI=1S/C17H29NO4/c1-2-13(10-12-6-3-4-7-12)16(19)18-15(17(20)21)14-8-5-9-22-11-14/h12-15H,2-11H2,1H3,(H,18,19)(H,20,21). The van der Waals surface area contributed by atoms with Gasteiger partial charge < -0.3 is 15.2 Å². The maximum Gasteiger partial charge on any atom is 0.326 e. The van der Waals surface area contributed by atoms with Gasteiger partial charge in [-0.05, 0) is 31.6 Å². The minimum absolute atomic E-state index is 0.0607. The number of aliphatic carboxylic acids is 1. The maximum absolute atomic E-state index is 12.5. The molecule has 3 unspecified atom stereocenters. The van der Waals surface area contributed by atoms with Crippen LogP contribution in [0.4, 0.5) is 0 Å². The predicted octanol–water partition coefficient (Wildman–Crippen LogP) is 2.59. The number of amides is 1. The SMILES string of the molecule is CCC(CC1CCCC1)C(=O)NC(C(=O)O)C1CCCOC1. The normalized spacial score (nSPS) is 25.6. The van der Waals surface area contributed by atoms with E-state index in [1.54, 1.807) is 0 Å². The molecule has 1 heterocycles. The van der Waals surface area contributed by atoms with Gasteiger partial charge in [-0.1, -0.05) is 32.6 Å². The molecule has 1 saturated carbocycles. The van der Waals surface area contributed by atoms with Crippen molar-refractivity contribution in [2.45, 2.75) is 64.3 Å². The summed E-state index contributed by atoms with van der Waals surface area (Å²) in [6, 6.07) is -0.814. The third-order valence-corrected chi connectivity index (χ3v) is 5.19. The highest BCUT2D eigenvalue weighted by Crippen LogP contribution is 2.31. The molecule has 2 aliphatic rings. The molecular formula is C17H29NO4. The first-order valence-corrected chi connectivity index (χ1v) is 8.72. The van der Waals surface area contributed by atoms with Crippen LogP contribution in [0, 0.1) is 17.8 Å². The molecule has 1 aliphatic heterocycles. The number of carbonyl (C=O) groups is 2. The van der Waals surface area contributed by atoms with Crippen molar-refractivity contribution >= 4 is 11.9 Å². The molecule has 22 heavy (non-hydrogen) atoms. The number of carboxylic acids is 1. The topological polar surface area (TPSA) is 75.6 Å². The Kier molecular flexibility index (Phi) is 6.68. The van der Waals surface area contributed by atoms with Gasteiger partial charge in [0.25, 0.3) is 0 Å². The lowest BCUT2D eigenvalue weighted by Gasteiger charge is -2.29. The maximum atomic E-state index is 12.5. The molecule has 126 valence electrons. The molecular weight excluding hydrogens is 282 g/mol. The minimum atomic E-state index is -0.945. The number of rotatable bonds is 7. The second-order valence-corrected chi connectivity index (χ2v) is 6.79. The van der Waals surface area contributed by atoms with Crippen molar-refractivity contribution in [3.63, 3.8) is 0 Å². The average Bonchev–Trinajstić information content (AvgIpc) is 3.03. The van der Waals surface area contributed by atoms with E-state index in [9.17, 15) is 14.7 Å². The molecule has 0 bridgehead atoms. The van der Waals surface area contributed by atoms with E-state index in [1.807, 2.05) is 6.92 Å². The van der Waals surface area contributed by atoms with Crippen LogP contribution in [0.2, 0.25) is 0 Å². The first kappa shape index (κ1) is 17.3. The Morgan fingerprint density at radius 2 is 1.95 bits per heavy atom. The summed E-state index contributed by atoms with van der Waals surface area (Å²) in [4.78, 5) is 24.0. The van der Waals surface area contributed by atoms with E-state index >= 15 is 0 Å². The van der Waals surface area contributed by atoms with E-state index in [-0.39, 0.29) is 17.7 Å². The summed E-state index contributed by atoms with van der Waals surface area (Å²) in [5.74, 6) is -0.572. The number of carbonyl (C=O) groups excluding carboxylic acids is 1. The highest BCUT2D eigenvalue weighted by molar-refractivity contribution is 5.85. The van der Waals surface area contributed by atoms with E-state index < -0.39 is 12.0 Å². The second-order valence-electron chi connectivity index (χ2n) is 6.79. The van der Waals surface area contributed by atoms with Crippen molar-refractivity contribution in [1.82, 2.24) is 5.32 Å². The fourth-order valence-electron chi connectivity index (χ4n) is 3.79. The van der Waals surface area contributed by atoms with Gasteiger partial charge in [-0.2, -0.15) is 0 Å². The molecule has 1 saturated heterocycles. The quantitative estimate of drug-likeness (QED) is 0.758. The number of hydrogen-bond acceptors (Lipinski definition) is 3. The van der Waals surface area contributed by atoms with Gasteiger partial charge in [-0.15, -0.1) is 0 Å². The number of nitrogens with one attached hydrogen (secondary N) is 1. The van der Waals surface area contributed by atoms with Crippen molar-refractivity contribution in [3.05, 3.63) is 0 Å². The summed E-state index contributed by atoms with van der Waals surface area (Å²) in [6.07, 6.45) is 8.29. The molecule has 5 heteroatoms. The third-order valence-electron chi connectivity index (χ3n) is 5.19. The lowest BCUT2D eigenvalue weighted by atomic mass is 9.89. The Labute approximate surface area is 132 Å². The number of carboxylic acid groups (broad SMARTS) is 1. The highest BCUT2D eigenvalue weighted by atomic mass is 16.5. The molecule has 0 aromatic rings. The summed E-state index contributed by atoms with van der Waals surface area (Å²) in [6.45, 7) is 3.13. The van der Waals surface area contributed by atoms with E-state index in [0.29, 0.717) is 19.1 Å². The van der Waals surface area contributed by atoms with Crippen molar-refractivity contribution in [2.75, 3.05) is 13.2 Å². The van der Waals surface area contributed by atoms with Gasteiger partial charge in [0.1, 0.15) is 6.04 Å². The number of ether oxygens (including phenoxy) is 1. The summed E-state index contributed by atoms with van der Waals surface area (Å²) in [5.41, 5.74) is 0. The highest BCUT2D eigenvalue weighted by Gasteiger charge is 2.33. The molecule has 2 rings (SSSR count). The Morgan fingerprint density at radius 1 is 1.23 bits per heavy atom. The smallest absolute Gasteiger partial charge is 0.326 e. The van der Waals surface area contributed by atoms with Crippen LogP contribution < -0.4 is 5.32 Å². The van der Waals surface area contributed by atoms with Gasteiger partial charge >= 0.3 is 5.97 Å². The monoisotopic (exact) mass is 311 g/mol. The largest absolute Gasteiger partial charge is 0.480 e. The van der Waals surface area contributed by atoms with Gasteiger partial charge in [0, 0.05) is 18.4 Å². The van der Waals surface area contributed by atoms with Crippen molar-refractivity contribution in [1.29, 1.82) is 0 Å². The molecule has 0 radical (unpaired) electrons. The zero-order valence-corrected chi connectivity index (χ0v) is 13.6. The van der Waals surface area contributed by atoms with E-state index in [0.717, 1.165) is 25.7 Å². The Hall–Kier alpha value is -1.10. The molecule has 5 nitrogen and oxygen atoms in total. The van der Waals surface area contributed by atoms with Crippen LogP contribution in [-0.2, 0) is 14.3 Å². The van der Waals surface area contributed by atoms with E-state index in [4.69, 9.17) is 4.74 Å². The average molecular weight is 311 g/mol. The lowest BCUT2D eigenvalue weighted by Crippen LogP contribution is -2.50. The van der Waals surface area contributed by atoms with Gasteiger partial charge in [0.05, 0.1) is 6.61 Å². The predicted molar refractivity (Wildman–Crippen MR) is 83.5 cm³/mol. The summed E-state index contributed by atoms with van der Waals surface area (Å²) in [5, 5.41) is 12.2. The molecule has 0 aromatic heterocycles. The second kappa shape index (κ2) is 8.51. The van der Waals surface area contributed by atoms with Gasteiger partial charge in [-0.25, -0.2) is 4.79 Å². The van der Waals surface area contributed by atoms with Crippen LogP contribution in [0.5, 0.6) is 0 Å². The lowest BCUT2D eigenvalue weighted by molar-refractivity contribution is -0.146. The minimum Gasteiger partial charge on any atom is -0.480 e. The molecule has 0 spiro atoms. The van der Waals surface area contributed by atoms with E-state index in [2.05, 4.69) is 5.32 Å². The molecule has 1 amide bonds. The van der Waals surface area contributed by atoms with Crippen molar-refractivity contribution in [2.24, 2.45) is 17.8 Å². The first-order valence-electron chi connectivity index (χ1n) is 8.72. The summed E-state index contributed by atoms with van der Waals surface area (Å²) in [7, 11) is 0. The van der Waals surface area contributed by atoms with Crippen molar-refractivity contribution in [3.8, 4) is 0 Å².